The summed E-state index contributed by atoms with van der Waals surface area (Å²) in [6.45, 7) is 2.26. The smallest absolute Gasteiger partial charge is 0.137 e. The Morgan fingerprint density at radius 1 is 1.10 bits per heavy atom. The lowest BCUT2D eigenvalue weighted by molar-refractivity contribution is 0.414. The first-order valence-electron chi connectivity index (χ1n) is 8.23. The van der Waals surface area contributed by atoms with Crippen LogP contribution >= 0.6 is 11.6 Å². The van der Waals surface area contributed by atoms with E-state index in [9.17, 15) is 0 Å². The average Bonchev–Trinajstić information content (AvgIpc) is 2.50. The summed E-state index contributed by atoms with van der Waals surface area (Å²) in [5.41, 5.74) is 1.24. The molecule has 120 valence electrons. The number of benzene rings is 1. The first kappa shape index (κ1) is 18.3. The monoisotopic (exact) mass is 311 g/mol. The quantitative estimate of drug-likeness (QED) is 0.525. The lowest BCUT2D eigenvalue weighted by Crippen LogP contribution is -2.16. The van der Waals surface area contributed by atoms with Crippen LogP contribution in [0.5, 0.6) is 5.75 Å². The van der Waals surface area contributed by atoms with Crippen molar-refractivity contribution in [3.05, 3.63) is 28.8 Å². The fourth-order valence-corrected chi connectivity index (χ4v) is 2.95. The number of unbranched alkanes of at least 4 members (excludes halogenated alkanes) is 6. The van der Waals surface area contributed by atoms with E-state index in [4.69, 9.17) is 16.3 Å². The third-order valence-electron chi connectivity index (χ3n) is 4.02. The molecule has 0 spiro atoms. The number of ether oxygens (including phenoxy) is 1. The highest BCUT2D eigenvalue weighted by Gasteiger charge is 2.11. The van der Waals surface area contributed by atoms with Crippen LogP contribution in [0.4, 0.5) is 0 Å². The van der Waals surface area contributed by atoms with Gasteiger partial charge in [-0.05, 0) is 31.2 Å². The standard InChI is InChI=1S/C18H30ClNO/c1-4-5-6-7-8-9-10-11-17(20-2)15-12-13-18(21-3)16(19)14-15/h12-14,17,20H,4-11H2,1-3H3. The topological polar surface area (TPSA) is 21.3 Å². The van der Waals surface area contributed by atoms with Crippen LogP contribution < -0.4 is 10.1 Å². The molecular formula is C18H30ClNO. The maximum absolute atomic E-state index is 6.21. The Hall–Kier alpha value is -0.730. The Kier molecular flexibility index (Phi) is 9.53. The molecule has 0 fully saturated rings. The van der Waals surface area contributed by atoms with Gasteiger partial charge >= 0.3 is 0 Å². The lowest BCUT2D eigenvalue weighted by atomic mass is 9.99. The van der Waals surface area contributed by atoms with Gasteiger partial charge in [0.1, 0.15) is 5.75 Å². The Labute approximate surface area is 135 Å². The van der Waals surface area contributed by atoms with Crippen LogP contribution in [-0.4, -0.2) is 14.2 Å². The van der Waals surface area contributed by atoms with E-state index in [-0.39, 0.29) is 0 Å². The minimum atomic E-state index is 0.379. The summed E-state index contributed by atoms with van der Waals surface area (Å²) in [6, 6.07) is 6.45. The molecule has 0 aliphatic heterocycles. The highest BCUT2D eigenvalue weighted by molar-refractivity contribution is 6.32. The maximum atomic E-state index is 6.21. The van der Waals surface area contributed by atoms with E-state index in [0.29, 0.717) is 11.1 Å². The molecule has 0 saturated heterocycles. The first-order valence-corrected chi connectivity index (χ1v) is 8.61. The van der Waals surface area contributed by atoms with Crippen molar-refractivity contribution < 1.29 is 4.74 Å². The van der Waals surface area contributed by atoms with Crippen molar-refractivity contribution in [1.29, 1.82) is 0 Å². The van der Waals surface area contributed by atoms with Crippen LogP contribution in [-0.2, 0) is 0 Å². The molecule has 1 unspecified atom stereocenters. The molecule has 0 saturated carbocycles. The summed E-state index contributed by atoms with van der Waals surface area (Å²) in [4.78, 5) is 0. The molecule has 0 bridgehead atoms. The van der Waals surface area contributed by atoms with E-state index in [1.54, 1.807) is 7.11 Å². The second-order valence-electron chi connectivity index (χ2n) is 5.65. The SMILES string of the molecule is CCCCCCCCCC(NC)c1ccc(OC)c(Cl)c1. The van der Waals surface area contributed by atoms with Crippen LogP contribution in [0.3, 0.4) is 0 Å². The molecule has 0 radical (unpaired) electrons. The summed E-state index contributed by atoms with van der Waals surface area (Å²) in [5, 5.41) is 4.08. The van der Waals surface area contributed by atoms with Gasteiger partial charge in [0.15, 0.2) is 0 Å². The van der Waals surface area contributed by atoms with Crippen molar-refractivity contribution in [2.45, 2.75) is 64.3 Å². The third kappa shape index (κ3) is 6.71. The molecule has 21 heavy (non-hydrogen) atoms. The Bertz CT molecular complexity index is 395. The highest BCUT2D eigenvalue weighted by atomic mass is 35.5. The normalized spacial score (nSPS) is 12.4. The van der Waals surface area contributed by atoms with Crippen molar-refractivity contribution in [2.24, 2.45) is 0 Å². The van der Waals surface area contributed by atoms with Crippen molar-refractivity contribution in [2.75, 3.05) is 14.2 Å². The molecule has 0 amide bonds. The van der Waals surface area contributed by atoms with Crippen molar-refractivity contribution in [1.82, 2.24) is 5.32 Å². The molecule has 1 aromatic rings. The summed E-state index contributed by atoms with van der Waals surface area (Å²) in [5.74, 6) is 0.742. The van der Waals surface area contributed by atoms with E-state index >= 15 is 0 Å². The zero-order valence-corrected chi connectivity index (χ0v) is 14.5. The van der Waals surface area contributed by atoms with E-state index in [1.165, 1.54) is 50.5 Å². The van der Waals surface area contributed by atoms with Crippen molar-refractivity contribution in [3.8, 4) is 5.75 Å². The first-order chi connectivity index (χ1) is 10.2. The molecular weight excluding hydrogens is 282 g/mol. The van der Waals surface area contributed by atoms with Gasteiger partial charge < -0.3 is 10.1 Å². The van der Waals surface area contributed by atoms with Crippen LogP contribution in [0.2, 0.25) is 5.02 Å². The minimum Gasteiger partial charge on any atom is -0.495 e. The second-order valence-corrected chi connectivity index (χ2v) is 6.05. The van der Waals surface area contributed by atoms with Gasteiger partial charge in [-0.1, -0.05) is 69.5 Å². The number of hydrogen-bond donors (Lipinski definition) is 1. The van der Waals surface area contributed by atoms with Gasteiger partial charge in [0.05, 0.1) is 12.1 Å². The summed E-state index contributed by atoms with van der Waals surface area (Å²) in [7, 11) is 3.67. The highest BCUT2D eigenvalue weighted by Crippen LogP contribution is 2.29. The Morgan fingerprint density at radius 2 is 1.76 bits per heavy atom. The molecule has 3 heteroatoms. The van der Waals surface area contributed by atoms with Gasteiger partial charge in [-0.25, -0.2) is 0 Å². The fraction of sp³-hybridized carbons (Fsp3) is 0.667. The zero-order chi connectivity index (χ0) is 15.5. The van der Waals surface area contributed by atoms with Crippen molar-refractivity contribution >= 4 is 11.6 Å². The number of rotatable bonds is 11. The molecule has 1 rings (SSSR count). The molecule has 2 nitrogen and oxygen atoms in total. The molecule has 0 aliphatic carbocycles. The van der Waals surface area contributed by atoms with Crippen molar-refractivity contribution in [3.63, 3.8) is 0 Å². The van der Waals surface area contributed by atoms with Gasteiger partial charge in [-0.15, -0.1) is 0 Å². The zero-order valence-electron chi connectivity index (χ0n) is 13.8. The molecule has 0 aromatic heterocycles. The van der Waals surface area contributed by atoms with Gasteiger partial charge in [-0.2, -0.15) is 0 Å². The predicted molar refractivity (Wildman–Crippen MR) is 92.4 cm³/mol. The number of hydrogen-bond acceptors (Lipinski definition) is 2. The molecule has 1 atom stereocenters. The van der Waals surface area contributed by atoms with E-state index in [0.717, 1.165) is 12.2 Å². The average molecular weight is 312 g/mol. The predicted octanol–water partition coefficient (Wildman–Crippen LogP) is 5.75. The van der Waals surface area contributed by atoms with E-state index in [1.807, 2.05) is 19.2 Å². The number of methoxy groups -OCH3 is 1. The molecule has 1 aromatic carbocycles. The maximum Gasteiger partial charge on any atom is 0.137 e. The summed E-state index contributed by atoms with van der Waals surface area (Å²) < 4.78 is 5.21. The molecule has 0 heterocycles. The van der Waals surface area contributed by atoms with Crippen LogP contribution in [0.15, 0.2) is 18.2 Å². The van der Waals surface area contributed by atoms with Gasteiger partial charge in [-0.3, -0.25) is 0 Å². The Balaban J connectivity index is 2.36. The van der Waals surface area contributed by atoms with Gasteiger partial charge in [0.25, 0.3) is 0 Å². The minimum absolute atomic E-state index is 0.379. The van der Waals surface area contributed by atoms with Crippen LogP contribution in [0, 0.1) is 0 Å². The van der Waals surface area contributed by atoms with Crippen LogP contribution in [0.1, 0.15) is 69.9 Å². The lowest BCUT2D eigenvalue weighted by Gasteiger charge is -2.17. The van der Waals surface area contributed by atoms with E-state index in [2.05, 4.69) is 18.3 Å². The number of halogens is 1. The van der Waals surface area contributed by atoms with Crippen LogP contribution in [0.25, 0.3) is 0 Å². The van der Waals surface area contributed by atoms with Gasteiger partial charge in [0, 0.05) is 6.04 Å². The summed E-state index contributed by atoms with van der Waals surface area (Å²) in [6.07, 6.45) is 10.6. The van der Waals surface area contributed by atoms with E-state index < -0.39 is 0 Å². The fourth-order valence-electron chi connectivity index (χ4n) is 2.68. The summed E-state index contributed by atoms with van der Waals surface area (Å²) >= 11 is 6.21. The number of nitrogens with one attached hydrogen (secondary N) is 1. The molecule has 1 N–H and O–H groups in total. The largest absolute Gasteiger partial charge is 0.495 e. The Morgan fingerprint density at radius 3 is 2.33 bits per heavy atom. The third-order valence-corrected chi connectivity index (χ3v) is 4.32. The molecule has 0 aliphatic rings. The second kappa shape index (κ2) is 10.9. The van der Waals surface area contributed by atoms with Gasteiger partial charge in [0.2, 0.25) is 0 Å².